The second kappa shape index (κ2) is 8.69. The van der Waals surface area contributed by atoms with E-state index in [1.807, 2.05) is 24.0 Å². The number of carbonyl (C=O) groups is 1. The summed E-state index contributed by atoms with van der Waals surface area (Å²) in [5.41, 5.74) is 4.23. The Hall–Kier alpha value is -3.68. The first kappa shape index (κ1) is 21.2. The lowest BCUT2D eigenvalue weighted by atomic mass is 10.1. The molecule has 1 aliphatic carbocycles. The van der Waals surface area contributed by atoms with Crippen LogP contribution in [0.2, 0.25) is 0 Å². The topological polar surface area (TPSA) is 81.9 Å². The fraction of sp³-hybridized carbons (Fsp3) is 0.360. The molecule has 33 heavy (non-hydrogen) atoms. The number of carbonyl (C=O) groups excluding carboxylic acids is 1. The van der Waals surface area contributed by atoms with Gasteiger partial charge in [-0.05, 0) is 54.0 Å². The zero-order chi connectivity index (χ0) is 22.9. The number of rotatable bonds is 6. The van der Waals surface area contributed by atoms with Gasteiger partial charge in [0.1, 0.15) is 11.5 Å². The van der Waals surface area contributed by atoms with Crippen molar-refractivity contribution in [2.75, 3.05) is 14.2 Å². The molecule has 5 rings (SSSR count). The van der Waals surface area contributed by atoms with E-state index < -0.39 is 0 Å². The van der Waals surface area contributed by atoms with Crippen LogP contribution in [0.25, 0.3) is 16.6 Å². The number of hydrogen-bond donors (Lipinski definition) is 0. The molecule has 0 N–H and O–H groups in total. The highest BCUT2D eigenvalue weighted by atomic mass is 16.5. The number of hydrogen-bond acceptors (Lipinski definition) is 6. The van der Waals surface area contributed by atoms with Gasteiger partial charge in [0.05, 0.1) is 26.3 Å². The van der Waals surface area contributed by atoms with Crippen LogP contribution in [0, 0.1) is 6.92 Å². The van der Waals surface area contributed by atoms with Crippen LogP contribution >= 0.6 is 0 Å². The van der Waals surface area contributed by atoms with Crippen molar-refractivity contribution in [3.8, 4) is 11.5 Å². The van der Waals surface area contributed by atoms with Gasteiger partial charge in [0.15, 0.2) is 5.65 Å². The number of tetrazole rings is 1. The van der Waals surface area contributed by atoms with E-state index in [2.05, 4.69) is 27.7 Å². The highest BCUT2D eigenvalue weighted by Gasteiger charge is 2.29. The molecule has 2 aromatic heterocycles. The van der Waals surface area contributed by atoms with E-state index >= 15 is 0 Å². The van der Waals surface area contributed by atoms with Gasteiger partial charge >= 0.3 is 0 Å². The summed E-state index contributed by atoms with van der Waals surface area (Å²) in [5, 5.41) is 13.5. The highest BCUT2D eigenvalue weighted by Crippen LogP contribution is 2.31. The lowest BCUT2D eigenvalue weighted by Gasteiger charge is -2.29. The van der Waals surface area contributed by atoms with Crippen LogP contribution in [-0.2, 0) is 6.54 Å². The molecule has 0 atom stereocenters. The molecule has 1 aliphatic rings. The van der Waals surface area contributed by atoms with Crippen LogP contribution in [0.4, 0.5) is 0 Å². The lowest BCUT2D eigenvalue weighted by molar-refractivity contribution is 0.0664. The van der Waals surface area contributed by atoms with Crippen LogP contribution in [0.3, 0.4) is 0 Å². The van der Waals surface area contributed by atoms with Crippen molar-refractivity contribution >= 4 is 22.5 Å². The molecule has 4 aromatic rings. The quantitative estimate of drug-likeness (QED) is 0.443. The van der Waals surface area contributed by atoms with Crippen molar-refractivity contribution < 1.29 is 14.3 Å². The first-order valence-electron chi connectivity index (χ1n) is 11.2. The van der Waals surface area contributed by atoms with Crippen molar-refractivity contribution in [1.29, 1.82) is 0 Å². The molecule has 0 spiro atoms. The second-order valence-electron chi connectivity index (χ2n) is 8.57. The Bertz CT molecular complexity index is 1300. The zero-order valence-corrected chi connectivity index (χ0v) is 19.1. The molecule has 0 aliphatic heterocycles. The summed E-state index contributed by atoms with van der Waals surface area (Å²) < 4.78 is 12.6. The zero-order valence-electron chi connectivity index (χ0n) is 19.1. The molecular formula is C25H27N5O3. The third-order valence-electron chi connectivity index (χ3n) is 6.53. The number of pyridine rings is 1. The van der Waals surface area contributed by atoms with Crippen molar-refractivity contribution in [3.63, 3.8) is 0 Å². The van der Waals surface area contributed by atoms with E-state index in [-0.39, 0.29) is 11.9 Å². The van der Waals surface area contributed by atoms with Gasteiger partial charge in [0, 0.05) is 28.6 Å². The van der Waals surface area contributed by atoms with Gasteiger partial charge < -0.3 is 14.4 Å². The molecule has 1 saturated carbocycles. The molecule has 8 heteroatoms. The summed E-state index contributed by atoms with van der Waals surface area (Å²) in [5.74, 6) is 1.14. The van der Waals surface area contributed by atoms with Crippen LogP contribution in [0.15, 0.2) is 42.5 Å². The number of ether oxygens (including phenoxy) is 2. The van der Waals surface area contributed by atoms with Crippen LogP contribution in [-0.4, -0.2) is 51.1 Å². The number of methoxy groups -OCH3 is 2. The van der Waals surface area contributed by atoms with Gasteiger partial charge in [-0.15, -0.1) is 5.10 Å². The average Bonchev–Trinajstić information content (AvgIpc) is 3.54. The molecule has 0 saturated heterocycles. The summed E-state index contributed by atoms with van der Waals surface area (Å²) in [6.45, 7) is 2.48. The third kappa shape index (κ3) is 3.86. The first-order valence-corrected chi connectivity index (χ1v) is 11.2. The maximum Gasteiger partial charge on any atom is 0.254 e. The fourth-order valence-corrected chi connectivity index (χ4v) is 4.86. The lowest BCUT2D eigenvalue weighted by Crippen LogP contribution is -2.38. The van der Waals surface area contributed by atoms with E-state index in [9.17, 15) is 4.79 Å². The molecule has 0 unspecified atom stereocenters. The second-order valence-corrected chi connectivity index (χ2v) is 8.57. The molecule has 1 fully saturated rings. The first-order chi connectivity index (χ1) is 16.1. The van der Waals surface area contributed by atoms with Gasteiger partial charge in [-0.25, -0.2) is 0 Å². The molecule has 8 nitrogen and oxygen atoms in total. The molecule has 170 valence electrons. The Morgan fingerprint density at radius 3 is 2.52 bits per heavy atom. The standard InChI is InChI=1S/C25H27N5O3/c1-16-7-6-8-17-11-19(24-26-27-28-30(24)23(16)17)15-29(20-9-4-5-10-20)25(31)18-12-21(32-2)14-22(13-18)33-3/h6-8,11-14,20H,4-5,9-10,15H2,1-3H3. The number of aromatic nitrogens is 4. The fourth-order valence-electron chi connectivity index (χ4n) is 4.86. The van der Waals surface area contributed by atoms with Crippen molar-refractivity contribution in [1.82, 2.24) is 24.9 Å². The Kier molecular flexibility index (Phi) is 5.58. The molecule has 0 radical (unpaired) electrons. The normalized spacial score (nSPS) is 14.2. The minimum Gasteiger partial charge on any atom is -0.497 e. The largest absolute Gasteiger partial charge is 0.497 e. The Morgan fingerprint density at radius 2 is 1.82 bits per heavy atom. The average molecular weight is 446 g/mol. The highest BCUT2D eigenvalue weighted by molar-refractivity contribution is 5.95. The summed E-state index contributed by atoms with van der Waals surface area (Å²) in [7, 11) is 3.17. The summed E-state index contributed by atoms with van der Waals surface area (Å²) in [4.78, 5) is 15.8. The minimum absolute atomic E-state index is 0.0472. The number of amides is 1. The third-order valence-corrected chi connectivity index (χ3v) is 6.53. The van der Waals surface area contributed by atoms with Crippen molar-refractivity contribution in [2.24, 2.45) is 0 Å². The number of benzene rings is 2. The van der Waals surface area contributed by atoms with E-state index in [1.165, 1.54) is 0 Å². The predicted octanol–water partition coefficient (Wildman–Crippen LogP) is 4.19. The Balaban J connectivity index is 1.59. The number of aryl methyl sites for hydroxylation is 1. The van der Waals surface area contributed by atoms with E-state index in [0.717, 1.165) is 47.7 Å². The maximum absolute atomic E-state index is 13.8. The van der Waals surface area contributed by atoms with Crippen LogP contribution in [0.5, 0.6) is 11.5 Å². The van der Waals surface area contributed by atoms with Gasteiger partial charge in [0.2, 0.25) is 0 Å². The van der Waals surface area contributed by atoms with E-state index in [1.54, 1.807) is 36.9 Å². The summed E-state index contributed by atoms with van der Waals surface area (Å²) in [6, 6.07) is 13.7. The molecule has 0 bridgehead atoms. The van der Waals surface area contributed by atoms with Gasteiger partial charge in [0.25, 0.3) is 5.91 Å². The minimum atomic E-state index is -0.0472. The van der Waals surface area contributed by atoms with E-state index in [0.29, 0.717) is 29.3 Å². The Morgan fingerprint density at radius 1 is 1.09 bits per heavy atom. The summed E-state index contributed by atoms with van der Waals surface area (Å²) >= 11 is 0. The number of nitrogens with zero attached hydrogens (tertiary/aromatic N) is 5. The monoisotopic (exact) mass is 445 g/mol. The van der Waals surface area contributed by atoms with E-state index in [4.69, 9.17) is 9.47 Å². The number of para-hydroxylation sites is 1. The van der Waals surface area contributed by atoms with Crippen molar-refractivity contribution in [3.05, 3.63) is 59.2 Å². The smallest absolute Gasteiger partial charge is 0.254 e. The van der Waals surface area contributed by atoms with Crippen molar-refractivity contribution in [2.45, 2.75) is 45.2 Å². The summed E-state index contributed by atoms with van der Waals surface area (Å²) in [6.07, 6.45) is 4.21. The SMILES string of the molecule is COc1cc(OC)cc(C(=O)N(Cc2cc3cccc(C)c3n3nnnc23)C2CCCC2)c1. The molecule has 1 amide bonds. The predicted molar refractivity (Wildman–Crippen MR) is 125 cm³/mol. The van der Waals surface area contributed by atoms with Gasteiger partial charge in [-0.3, -0.25) is 4.79 Å². The molecular weight excluding hydrogens is 418 g/mol. The Labute approximate surface area is 192 Å². The maximum atomic E-state index is 13.8. The molecule has 2 heterocycles. The molecule has 2 aromatic carbocycles. The van der Waals surface area contributed by atoms with Crippen LogP contribution < -0.4 is 9.47 Å². The van der Waals surface area contributed by atoms with Crippen LogP contribution in [0.1, 0.15) is 47.2 Å². The van der Waals surface area contributed by atoms with Gasteiger partial charge in [-0.1, -0.05) is 31.0 Å². The van der Waals surface area contributed by atoms with Gasteiger partial charge in [-0.2, -0.15) is 4.52 Å². The number of fused-ring (bicyclic) bond motifs is 3.